The minimum atomic E-state index is -0.639. The number of carbonyl (C=O) groups is 1. The standard InChI is InChI=1S/C12H14N2O4/c1-2-17-12(15)10-9(7-13)14-11(18-10)8-3-5-16-6-4-8/h8H,2-6H2,1H3. The molecule has 0 amide bonds. The molecule has 0 bridgehead atoms. The van der Waals surface area contributed by atoms with E-state index >= 15 is 0 Å². The van der Waals surface area contributed by atoms with E-state index < -0.39 is 5.97 Å². The predicted molar refractivity (Wildman–Crippen MR) is 60.0 cm³/mol. The first kappa shape index (κ1) is 12.6. The van der Waals surface area contributed by atoms with Crippen molar-refractivity contribution in [3.63, 3.8) is 0 Å². The smallest absolute Gasteiger partial charge is 0.377 e. The van der Waals surface area contributed by atoms with E-state index in [2.05, 4.69) is 4.98 Å². The van der Waals surface area contributed by atoms with E-state index in [-0.39, 0.29) is 24.0 Å². The van der Waals surface area contributed by atoms with Crippen molar-refractivity contribution in [2.45, 2.75) is 25.7 Å². The van der Waals surface area contributed by atoms with Crippen molar-refractivity contribution in [1.29, 1.82) is 5.26 Å². The van der Waals surface area contributed by atoms with E-state index in [4.69, 9.17) is 19.2 Å². The molecule has 0 radical (unpaired) electrons. The molecule has 0 saturated carbocycles. The second kappa shape index (κ2) is 5.65. The summed E-state index contributed by atoms with van der Waals surface area (Å²) in [6.07, 6.45) is 1.57. The molecule has 0 aliphatic carbocycles. The third-order valence-electron chi connectivity index (χ3n) is 2.78. The van der Waals surface area contributed by atoms with Gasteiger partial charge in [0.05, 0.1) is 6.61 Å². The second-order valence-corrected chi connectivity index (χ2v) is 3.95. The Labute approximate surface area is 105 Å². The molecule has 1 aliphatic heterocycles. The van der Waals surface area contributed by atoms with Crippen LogP contribution in [0.2, 0.25) is 0 Å². The van der Waals surface area contributed by atoms with E-state index in [0.29, 0.717) is 19.1 Å². The highest BCUT2D eigenvalue weighted by molar-refractivity contribution is 5.88. The molecule has 18 heavy (non-hydrogen) atoms. The van der Waals surface area contributed by atoms with Crippen molar-refractivity contribution in [3.05, 3.63) is 17.3 Å². The van der Waals surface area contributed by atoms with Gasteiger partial charge in [-0.15, -0.1) is 0 Å². The molecular formula is C12H14N2O4. The van der Waals surface area contributed by atoms with Gasteiger partial charge in [-0.1, -0.05) is 0 Å². The lowest BCUT2D eigenvalue weighted by molar-refractivity contribution is 0.0481. The quantitative estimate of drug-likeness (QED) is 0.758. The maximum atomic E-state index is 11.6. The van der Waals surface area contributed by atoms with Gasteiger partial charge in [0, 0.05) is 19.1 Å². The molecule has 1 aliphatic rings. The SMILES string of the molecule is CCOC(=O)c1oc(C2CCOCC2)nc1C#N. The molecular weight excluding hydrogens is 236 g/mol. The van der Waals surface area contributed by atoms with Crippen LogP contribution in [0.4, 0.5) is 0 Å². The summed E-state index contributed by atoms with van der Waals surface area (Å²) in [5, 5.41) is 8.94. The first-order valence-corrected chi connectivity index (χ1v) is 5.92. The molecule has 6 heteroatoms. The van der Waals surface area contributed by atoms with Crippen molar-refractivity contribution in [3.8, 4) is 6.07 Å². The highest BCUT2D eigenvalue weighted by Gasteiger charge is 2.27. The molecule has 1 aromatic heterocycles. The first-order valence-electron chi connectivity index (χ1n) is 5.92. The van der Waals surface area contributed by atoms with Crippen LogP contribution in [0.15, 0.2) is 4.42 Å². The van der Waals surface area contributed by atoms with Gasteiger partial charge in [-0.25, -0.2) is 9.78 Å². The van der Waals surface area contributed by atoms with Gasteiger partial charge in [0.2, 0.25) is 5.76 Å². The molecule has 1 fully saturated rings. The highest BCUT2D eigenvalue weighted by atomic mass is 16.5. The van der Waals surface area contributed by atoms with Crippen LogP contribution in [0.3, 0.4) is 0 Å². The number of esters is 1. The molecule has 1 aromatic rings. The van der Waals surface area contributed by atoms with Gasteiger partial charge in [0.25, 0.3) is 0 Å². The first-order chi connectivity index (χ1) is 8.76. The Kier molecular flexibility index (Phi) is 3.95. The number of oxazole rings is 1. The summed E-state index contributed by atoms with van der Waals surface area (Å²) in [4.78, 5) is 15.7. The van der Waals surface area contributed by atoms with E-state index in [1.165, 1.54) is 0 Å². The number of aromatic nitrogens is 1. The van der Waals surface area contributed by atoms with E-state index in [1.54, 1.807) is 6.92 Å². The Balaban J connectivity index is 2.23. The second-order valence-electron chi connectivity index (χ2n) is 3.95. The molecule has 0 aromatic carbocycles. The lowest BCUT2D eigenvalue weighted by Gasteiger charge is -2.18. The number of hydrogen-bond donors (Lipinski definition) is 0. The largest absolute Gasteiger partial charge is 0.460 e. The number of ether oxygens (including phenoxy) is 2. The van der Waals surface area contributed by atoms with Crippen LogP contribution in [-0.4, -0.2) is 30.8 Å². The third kappa shape index (κ3) is 2.51. The van der Waals surface area contributed by atoms with Crippen molar-refractivity contribution in [2.24, 2.45) is 0 Å². The fourth-order valence-corrected chi connectivity index (χ4v) is 1.87. The molecule has 96 valence electrons. The Bertz CT molecular complexity index is 469. The third-order valence-corrected chi connectivity index (χ3v) is 2.78. The normalized spacial score (nSPS) is 16.2. The fourth-order valence-electron chi connectivity index (χ4n) is 1.87. The Hall–Kier alpha value is -1.87. The van der Waals surface area contributed by atoms with E-state index in [9.17, 15) is 4.79 Å². The Morgan fingerprint density at radius 3 is 2.89 bits per heavy atom. The number of nitriles is 1. The molecule has 2 rings (SSSR count). The van der Waals surface area contributed by atoms with Crippen LogP contribution in [0.5, 0.6) is 0 Å². The summed E-state index contributed by atoms with van der Waals surface area (Å²) in [6, 6.07) is 1.86. The molecule has 0 atom stereocenters. The van der Waals surface area contributed by atoms with Crippen LogP contribution in [0.25, 0.3) is 0 Å². The summed E-state index contributed by atoms with van der Waals surface area (Å²) >= 11 is 0. The molecule has 0 N–H and O–H groups in total. The topological polar surface area (TPSA) is 85.3 Å². The zero-order valence-electron chi connectivity index (χ0n) is 10.1. The average molecular weight is 250 g/mol. The zero-order chi connectivity index (χ0) is 13.0. The van der Waals surface area contributed by atoms with Crippen LogP contribution in [0.1, 0.15) is 47.8 Å². The van der Waals surface area contributed by atoms with Gasteiger partial charge in [-0.2, -0.15) is 5.26 Å². The zero-order valence-corrected chi connectivity index (χ0v) is 10.1. The van der Waals surface area contributed by atoms with Crippen LogP contribution in [0, 0.1) is 11.3 Å². The minimum Gasteiger partial charge on any atom is -0.460 e. The maximum absolute atomic E-state index is 11.6. The highest BCUT2D eigenvalue weighted by Crippen LogP contribution is 2.27. The Morgan fingerprint density at radius 1 is 1.56 bits per heavy atom. The van der Waals surface area contributed by atoms with Crippen LogP contribution >= 0.6 is 0 Å². The monoisotopic (exact) mass is 250 g/mol. The average Bonchev–Trinajstić information content (AvgIpc) is 2.84. The van der Waals surface area contributed by atoms with Crippen LogP contribution in [-0.2, 0) is 9.47 Å². The minimum absolute atomic E-state index is 0.00468. The summed E-state index contributed by atoms with van der Waals surface area (Å²) in [6.45, 7) is 3.21. The number of hydrogen-bond acceptors (Lipinski definition) is 6. The van der Waals surface area contributed by atoms with Crippen molar-refractivity contribution in [2.75, 3.05) is 19.8 Å². The van der Waals surface area contributed by atoms with Gasteiger partial charge in [0.1, 0.15) is 6.07 Å². The molecule has 1 saturated heterocycles. The summed E-state index contributed by atoms with van der Waals surface area (Å²) in [5.74, 6) is -0.201. The molecule has 6 nitrogen and oxygen atoms in total. The van der Waals surface area contributed by atoms with Crippen molar-refractivity contribution < 1.29 is 18.7 Å². The summed E-state index contributed by atoms with van der Waals surface area (Å²) in [7, 11) is 0. The van der Waals surface area contributed by atoms with Gasteiger partial charge in [-0.05, 0) is 19.8 Å². The lowest BCUT2D eigenvalue weighted by atomic mass is 10.0. The van der Waals surface area contributed by atoms with Crippen molar-refractivity contribution >= 4 is 5.97 Å². The van der Waals surface area contributed by atoms with Gasteiger partial charge < -0.3 is 13.9 Å². The number of nitrogens with zero attached hydrogens (tertiary/aromatic N) is 2. The van der Waals surface area contributed by atoms with Gasteiger partial charge in [0.15, 0.2) is 11.6 Å². The van der Waals surface area contributed by atoms with E-state index in [0.717, 1.165) is 12.8 Å². The molecule has 2 heterocycles. The maximum Gasteiger partial charge on any atom is 0.377 e. The number of rotatable bonds is 3. The fraction of sp³-hybridized carbons (Fsp3) is 0.583. The lowest BCUT2D eigenvalue weighted by Crippen LogP contribution is -2.14. The van der Waals surface area contributed by atoms with Gasteiger partial charge >= 0.3 is 5.97 Å². The predicted octanol–water partition coefficient (Wildman–Crippen LogP) is 1.62. The van der Waals surface area contributed by atoms with Gasteiger partial charge in [-0.3, -0.25) is 0 Å². The summed E-state index contributed by atoms with van der Waals surface area (Å²) < 4.78 is 15.5. The van der Waals surface area contributed by atoms with Crippen molar-refractivity contribution in [1.82, 2.24) is 4.98 Å². The number of carbonyl (C=O) groups excluding carboxylic acids is 1. The van der Waals surface area contributed by atoms with Crippen LogP contribution < -0.4 is 0 Å². The van der Waals surface area contributed by atoms with E-state index in [1.807, 2.05) is 6.07 Å². The molecule has 0 spiro atoms. The Morgan fingerprint density at radius 2 is 2.28 bits per heavy atom. The summed E-state index contributed by atoms with van der Waals surface area (Å²) in [5.41, 5.74) is -0.00468. The molecule has 0 unspecified atom stereocenters.